The highest BCUT2D eigenvalue weighted by Gasteiger charge is 2.12. The van der Waals surface area contributed by atoms with Crippen LogP contribution < -0.4 is 10.2 Å². The highest BCUT2D eigenvalue weighted by molar-refractivity contribution is 5.73. The van der Waals surface area contributed by atoms with E-state index in [1.807, 2.05) is 18.2 Å². The fourth-order valence-electron chi connectivity index (χ4n) is 3.37. The average Bonchev–Trinajstić information content (AvgIpc) is 2.73. The number of nitriles is 1. The van der Waals surface area contributed by atoms with Crippen LogP contribution in [0.15, 0.2) is 48.5 Å². The maximum Gasteiger partial charge on any atom is 0.317 e. The van der Waals surface area contributed by atoms with Crippen molar-refractivity contribution in [3.8, 4) is 6.07 Å². The Bertz CT molecular complexity index is 804. The van der Waals surface area contributed by atoms with Crippen molar-refractivity contribution < 1.29 is 4.79 Å². The average molecular weight is 362 g/mol. The molecule has 1 N–H and O–H groups in total. The number of anilines is 1. The molecule has 2 aromatic rings. The molecule has 140 valence electrons. The second-order valence-electron chi connectivity index (χ2n) is 7.04. The van der Waals surface area contributed by atoms with Gasteiger partial charge in [-0.05, 0) is 54.7 Å². The lowest BCUT2D eigenvalue weighted by Gasteiger charge is -2.28. The van der Waals surface area contributed by atoms with Gasteiger partial charge in [0.25, 0.3) is 0 Å². The Morgan fingerprint density at radius 1 is 1.11 bits per heavy atom. The number of rotatable bonds is 5. The SMILES string of the molecule is CN(Cc1cccc(C#N)c1)C(=O)NCc1ccc(N2CCCCC2)cc1. The number of benzene rings is 2. The third-order valence-corrected chi connectivity index (χ3v) is 4.92. The molecule has 3 rings (SSSR count). The predicted octanol–water partition coefficient (Wildman–Crippen LogP) is 3.89. The van der Waals surface area contributed by atoms with Gasteiger partial charge in [-0.25, -0.2) is 4.79 Å². The lowest BCUT2D eigenvalue weighted by Crippen LogP contribution is -2.36. The van der Waals surface area contributed by atoms with Crippen LogP contribution in [-0.4, -0.2) is 31.1 Å². The summed E-state index contributed by atoms with van der Waals surface area (Å²) in [5.41, 5.74) is 3.90. The third kappa shape index (κ3) is 5.24. The van der Waals surface area contributed by atoms with Crippen molar-refractivity contribution in [2.45, 2.75) is 32.4 Å². The van der Waals surface area contributed by atoms with Crippen molar-refractivity contribution in [1.29, 1.82) is 5.26 Å². The Labute approximate surface area is 161 Å². The summed E-state index contributed by atoms with van der Waals surface area (Å²) in [5.74, 6) is 0. The minimum absolute atomic E-state index is 0.127. The van der Waals surface area contributed by atoms with E-state index in [1.165, 1.54) is 24.9 Å². The lowest BCUT2D eigenvalue weighted by molar-refractivity contribution is 0.206. The molecule has 0 bridgehead atoms. The fraction of sp³-hybridized carbons (Fsp3) is 0.364. The largest absolute Gasteiger partial charge is 0.372 e. The van der Waals surface area contributed by atoms with Crippen molar-refractivity contribution in [3.05, 3.63) is 65.2 Å². The van der Waals surface area contributed by atoms with E-state index in [9.17, 15) is 4.79 Å². The fourth-order valence-corrected chi connectivity index (χ4v) is 3.37. The van der Waals surface area contributed by atoms with E-state index >= 15 is 0 Å². The van der Waals surface area contributed by atoms with Gasteiger partial charge in [0, 0.05) is 38.9 Å². The molecule has 1 fully saturated rings. The monoisotopic (exact) mass is 362 g/mol. The Morgan fingerprint density at radius 2 is 1.85 bits per heavy atom. The van der Waals surface area contributed by atoms with Gasteiger partial charge >= 0.3 is 6.03 Å². The zero-order chi connectivity index (χ0) is 19.1. The van der Waals surface area contributed by atoms with E-state index in [0.29, 0.717) is 18.7 Å². The van der Waals surface area contributed by atoms with E-state index in [1.54, 1.807) is 18.0 Å². The van der Waals surface area contributed by atoms with Gasteiger partial charge < -0.3 is 15.1 Å². The predicted molar refractivity (Wildman–Crippen MR) is 107 cm³/mol. The smallest absolute Gasteiger partial charge is 0.317 e. The highest BCUT2D eigenvalue weighted by atomic mass is 16.2. The molecule has 5 nitrogen and oxygen atoms in total. The van der Waals surface area contributed by atoms with Crippen LogP contribution >= 0.6 is 0 Å². The maximum atomic E-state index is 12.3. The van der Waals surface area contributed by atoms with Crippen LogP contribution in [0.5, 0.6) is 0 Å². The first kappa shape index (κ1) is 18.8. The number of nitrogens with zero attached hydrogens (tertiary/aromatic N) is 3. The number of amides is 2. The van der Waals surface area contributed by atoms with Gasteiger partial charge in [-0.1, -0.05) is 24.3 Å². The van der Waals surface area contributed by atoms with Gasteiger partial charge in [-0.2, -0.15) is 5.26 Å². The number of carbonyl (C=O) groups is 1. The quantitative estimate of drug-likeness (QED) is 0.878. The molecule has 0 spiro atoms. The summed E-state index contributed by atoms with van der Waals surface area (Å²) in [6, 6.07) is 17.8. The number of carbonyl (C=O) groups excluding carboxylic acids is 1. The van der Waals surface area contributed by atoms with Crippen LogP contribution in [0, 0.1) is 11.3 Å². The van der Waals surface area contributed by atoms with Crippen LogP contribution in [0.25, 0.3) is 0 Å². The van der Waals surface area contributed by atoms with Gasteiger partial charge in [-0.15, -0.1) is 0 Å². The van der Waals surface area contributed by atoms with Gasteiger partial charge in [-0.3, -0.25) is 0 Å². The normalized spacial score (nSPS) is 13.7. The minimum Gasteiger partial charge on any atom is -0.372 e. The van der Waals surface area contributed by atoms with Gasteiger partial charge in [0.2, 0.25) is 0 Å². The molecule has 1 aliphatic rings. The first-order chi connectivity index (χ1) is 13.2. The number of nitrogens with one attached hydrogen (secondary N) is 1. The van der Waals surface area contributed by atoms with Crippen LogP contribution in [0.4, 0.5) is 10.5 Å². The van der Waals surface area contributed by atoms with E-state index in [-0.39, 0.29) is 6.03 Å². The third-order valence-electron chi connectivity index (χ3n) is 4.92. The van der Waals surface area contributed by atoms with Crippen LogP contribution in [0.2, 0.25) is 0 Å². The number of urea groups is 1. The molecular weight excluding hydrogens is 336 g/mol. The van der Waals surface area contributed by atoms with Gasteiger partial charge in [0.15, 0.2) is 0 Å². The zero-order valence-corrected chi connectivity index (χ0v) is 15.8. The summed E-state index contributed by atoms with van der Waals surface area (Å²) in [6.45, 7) is 3.23. The Balaban J connectivity index is 1.50. The van der Waals surface area contributed by atoms with E-state index in [0.717, 1.165) is 24.2 Å². The molecule has 0 saturated carbocycles. The molecular formula is C22H26N4O. The topological polar surface area (TPSA) is 59.4 Å². The molecule has 27 heavy (non-hydrogen) atoms. The van der Waals surface area contributed by atoms with Crippen molar-refractivity contribution in [2.24, 2.45) is 0 Å². The molecule has 0 unspecified atom stereocenters. The summed E-state index contributed by atoms with van der Waals surface area (Å²) >= 11 is 0. The van der Waals surface area contributed by atoms with Crippen LogP contribution in [-0.2, 0) is 13.1 Å². The molecule has 2 amide bonds. The summed E-state index contributed by atoms with van der Waals surface area (Å²) in [6.07, 6.45) is 3.86. The lowest BCUT2D eigenvalue weighted by atomic mass is 10.1. The molecule has 0 radical (unpaired) electrons. The molecule has 5 heteroatoms. The van der Waals surface area contributed by atoms with E-state index in [2.05, 4.69) is 40.6 Å². The van der Waals surface area contributed by atoms with E-state index in [4.69, 9.17) is 5.26 Å². The zero-order valence-electron chi connectivity index (χ0n) is 15.8. The second kappa shape index (κ2) is 9.09. The highest BCUT2D eigenvalue weighted by Crippen LogP contribution is 2.20. The minimum atomic E-state index is -0.127. The van der Waals surface area contributed by atoms with Crippen molar-refractivity contribution >= 4 is 11.7 Å². The Hall–Kier alpha value is -3.00. The number of hydrogen-bond acceptors (Lipinski definition) is 3. The van der Waals surface area contributed by atoms with Crippen molar-refractivity contribution in [1.82, 2.24) is 10.2 Å². The summed E-state index contributed by atoms with van der Waals surface area (Å²) < 4.78 is 0. The number of piperidine rings is 1. The molecule has 1 aliphatic heterocycles. The first-order valence-corrected chi connectivity index (χ1v) is 9.47. The first-order valence-electron chi connectivity index (χ1n) is 9.47. The Kier molecular flexibility index (Phi) is 6.32. The molecule has 0 aliphatic carbocycles. The van der Waals surface area contributed by atoms with Crippen LogP contribution in [0.3, 0.4) is 0 Å². The van der Waals surface area contributed by atoms with Crippen LogP contribution in [0.1, 0.15) is 36.0 Å². The van der Waals surface area contributed by atoms with Gasteiger partial charge in [0.1, 0.15) is 0 Å². The summed E-state index contributed by atoms with van der Waals surface area (Å²) in [5, 5.41) is 11.9. The standard InChI is InChI=1S/C22H26N4O/c1-25(17-20-7-5-6-19(14-20)15-23)22(27)24-16-18-8-10-21(11-9-18)26-12-3-2-4-13-26/h5-11,14H,2-4,12-13,16-17H2,1H3,(H,24,27). The maximum absolute atomic E-state index is 12.3. The van der Waals surface area contributed by atoms with E-state index < -0.39 is 0 Å². The van der Waals surface area contributed by atoms with Gasteiger partial charge in [0.05, 0.1) is 11.6 Å². The molecule has 2 aromatic carbocycles. The number of hydrogen-bond donors (Lipinski definition) is 1. The summed E-state index contributed by atoms with van der Waals surface area (Å²) in [7, 11) is 1.76. The van der Waals surface area contributed by atoms with Crippen molar-refractivity contribution in [2.75, 3.05) is 25.0 Å². The van der Waals surface area contributed by atoms with Crippen molar-refractivity contribution in [3.63, 3.8) is 0 Å². The molecule has 0 atom stereocenters. The summed E-state index contributed by atoms with van der Waals surface area (Å²) in [4.78, 5) is 16.4. The Morgan fingerprint density at radius 3 is 2.56 bits per heavy atom. The second-order valence-corrected chi connectivity index (χ2v) is 7.04. The molecule has 0 aromatic heterocycles. The molecule has 1 saturated heterocycles. The molecule has 1 heterocycles.